The van der Waals surface area contributed by atoms with Crippen LogP contribution in [0.3, 0.4) is 0 Å². The maximum atomic E-state index is 12.8. The first kappa shape index (κ1) is 20.0. The molecule has 1 N–H and O–H groups in total. The Kier molecular flexibility index (Phi) is 6.05. The fourth-order valence-corrected chi connectivity index (χ4v) is 3.55. The molecule has 28 heavy (non-hydrogen) atoms. The maximum absolute atomic E-state index is 12.8. The number of carbonyl (C=O) groups is 2. The van der Waals surface area contributed by atoms with Crippen LogP contribution in [0.5, 0.6) is 5.75 Å². The molecule has 0 aromatic heterocycles. The summed E-state index contributed by atoms with van der Waals surface area (Å²) in [5, 5.41) is 11.3. The fraction of sp³-hybridized carbons (Fsp3) is 0.273. The summed E-state index contributed by atoms with van der Waals surface area (Å²) in [6.07, 6.45) is 1.64. The standard InChI is InChI=1S/C22H22ClNO4/c1-3-4-12-24-19(14-8-10-17(28-2)11-9-14)18(21(26)22(24)27)20(25)15-6-5-7-16(23)13-15/h5-11,13,19,25H,3-4,12H2,1-2H3/b20-18-. The van der Waals surface area contributed by atoms with Crippen LogP contribution in [0.25, 0.3) is 5.76 Å². The number of aliphatic hydroxyl groups excluding tert-OH is 1. The van der Waals surface area contributed by atoms with E-state index in [1.54, 1.807) is 55.6 Å². The number of hydrogen-bond donors (Lipinski definition) is 1. The molecule has 1 atom stereocenters. The molecule has 2 aromatic rings. The Morgan fingerprint density at radius 3 is 2.50 bits per heavy atom. The van der Waals surface area contributed by atoms with Gasteiger partial charge in [-0.25, -0.2) is 0 Å². The van der Waals surface area contributed by atoms with E-state index in [0.29, 0.717) is 22.9 Å². The molecule has 1 fully saturated rings. The molecule has 1 unspecified atom stereocenters. The van der Waals surface area contributed by atoms with Crippen molar-refractivity contribution in [2.45, 2.75) is 25.8 Å². The molecule has 0 saturated carbocycles. The van der Waals surface area contributed by atoms with Crippen molar-refractivity contribution >= 4 is 29.1 Å². The quantitative estimate of drug-likeness (QED) is 0.439. The summed E-state index contributed by atoms with van der Waals surface area (Å²) in [5.41, 5.74) is 1.22. The molecule has 2 aromatic carbocycles. The number of nitrogens with zero attached hydrogens (tertiary/aromatic N) is 1. The second kappa shape index (κ2) is 8.48. The van der Waals surface area contributed by atoms with E-state index in [1.165, 1.54) is 4.90 Å². The van der Waals surface area contributed by atoms with Gasteiger partial charge < -0.3 is 14.7 Å². The molecule has 1 amide bonds. The van der Waals surface area contributed by atoms with Crippen molar-refractivity contribution < 1.29 is 19.4 Å². The van der Waals surface area contributed by atoms with Gasteiger partial charge >= 0.3 is 0 Å². The van der Waals surface area contributed by atoms with Gasteiger partial charge in [0.2, 0.25) is 0 Å². The number of ketones is 1. The molecule has 3 rings (SSSR count). The number of hydrogen-bond acceptors (Lipinski definition) is 4. The molecule has 0 spiro atoms. The molecule has 1 aliphatic heterocycles. The van der Waals surface area contributed by atoms with E-state index in [1.807, 2.05) is 6.92 Å². The largest absolute Gasteiger partial charge is 0.507 e. The van der Waals surface area contributed by atoms with Gasteiger partial charge in [-0.3, -0.25) is 9.59 Å². The average Bonchev–Trinajstić information content (AvgIpc) is 2.96. The third kappa shape index (κ3) is 3.76. The lowest BCUT2D eigenvalue weighted by Crippen LogP contribution is -2.30. The van der Waals surface area contributed by atoms with E-state index >= 15 is 0 Å². The predicted molar refractivity (Wildman–Crippen MR) is 108 cm³/mol. The van der Waals surface area contributed by atoms with Gasteiger partial charge in [0.25, 0.3) is 11.7 Å². The average molecular weight is 400 g/mol. The minimum absolute atomic E-state index is 0.0773. The molecular weight excluding hydrogens is 378 g/mol. The van der Waals surface area contributed by atoms with Crippen molar-refractivity contribution in [3.8, 4) is 5.75 Å². The topological polar surface area (TPSA) is 66.8 Å². The number of ether oxygens (including phenoxy) is 1. The number of methoxy groups -OCH3 is 1. The zero-order valence-corrected chi connectivity index (χ0v) is 16.6. The Bertz CT molecular complexity index is 920. The summed E-state index contributed by atoms with van der Waals surface area (Å²) in [7, 11) is 1.57. The van der Waals surface area contributed by atoms with Crippen LogP contribution in [-0.4, -0.2) is 35.4 Å². The first-order chi connectivity index (χ1) is 13.5. The van der Waals surface area contributed by atoms with E-state index in [-0.39, 0.29) is 11.3 Å². The van der Waals surface area contributed by atoms with Crippen molar-refractivity contribution in [3.63, 3.8) is 0 Å². The number of likely N-dealkylation sites (tertiary alicyclic amines) is 1. The lowest BCUT2D eigenvalue weighted by molar-refractivity contribution is -0.139. The van der Waals surface area contributed by atoms with E-state index in [9.17, 15) is 14.7 Å². The van der Waals surface area contributed by atoms with Crippen LogP contribution in [0.4, 0.5) is 0 Å². The first-order valence-electron chi connectivity index (χ1n) is 9.16. The van der Waals surface area contributed by atoms with Gasteiger partial charge in [0.05, 0.1) is 18.7 Å². The molecular formula is C22H22ClNO4. The molecule has 0 aliphatic carbocycles. The van der Waals surface area contributed by atoms with Gasteiger partial charge in [-0.2, -0.15) is 0 Å². The molecule has 5 nitrogen and oxygen atoms in total. The van der Waals surface area contributed by atoms with Crippen LogP contribution in [-0.2, 0) is 9.59 Å². The molecule has 0 bridgehead atoms. The van der Waals surface area contributed by atoms with Gasteiger partial charge in [-0.05, 0) is 36.2 Å². The van der Waals surface area contributed by atoms with Crippen molar-refractivity contribution in [3.05, 3.63) is 70.3 Å². The smallest absolute Gasteiger partial charge is 0.295 e. The zero-order valence-electron chi connectivity index (χ0n) is 15.8. The van der Waals surface area contributed by atoms with Crippen LogP contribution in [0, 0.1) is 0 Å². The number of Topliss-reactive ketones (excluding diaryl/α,β-unsaturated/α-hetero) is 1. The van der Waals surface area contributed by atoms with Gasteiger partial charge in [-0.15, -0.1) is 0 Å². The van der Waals surface area contributed by atoms with Crippen molar-refractivity contribution in [1.82, 2.24) is 4.90 Å². The highest BCUT2D eigenvalue weighted by Crippen LogP contribution is 2.40. The highest BCUT2D eigenvalue weighted by Gasteiger charge is 2.45. The van der Waals surface area contributed by atoms with Crippen LogP contribution in [0.1, 0.15) is 36.9 Å². The SMILES string of the molecule is CCCCN1C(=O)C(=O)/C(=C(\O)c2cccc(Cl)c2)C1c1ccc(OC)cc1. The summed E-state index contributed by atoms with van der Waals surface area (Å²) in [4.78, 5) is 27.1. The van der Waals surface area contributed by atoms with Gasteiger partial charge in [0.15, 0.2) is 0 Å². The van der Waals surface area contributed by atoms with E-state index in [4.69, 9.17) is 16.3 Å². The van der Waals surface area contributed by atoms with Crippen LogP contribution in [0.15, 0.2) is 54.1 Å². The van der Waals surface area contributed by atoms with E-state index in [2.05, 4.69) is 0 Å². The Labute approximate surface area is 169 Å². The molecule has 0 radical (unpaired) electrons. The minimum Gasteiger partial charge on any atom is -0.507 e. The normalized spacial score (nSPS) is 18.5. The number of rotatable bonds is 6. The third-order valence-electron chi connectivity index (χ3n) is 4.82. The number of carbonyl (C=O) groups excluding carboxylic acids is 2. The van der Waals surface area contributed by atoms with Crippen LogP contribution >= 0.6 is 11.6 Å². The first-order valence-corrected chi connectivity index (χ1v) is 9.54. The molecule has 1 aliphatic rings. The molecule has 6 heteroatoms. The predicted octanol–water partition coefficient (Wildman–Crippen LogP) is 4.57. The van der Waals surface area contributed by atoms with E-state index < -0.39 is 17.7 Å². The van der Waals surface area contributed by atoms with Gasteiger partial charge in [-0.1, -0.05) is 49.2 Å². The van der Waals surface area contributed by atoms with Gasteiger partial charge in [0, 0.05) is 17.1 Å². The van der Waals surface area contributed by atoms with Crippen molar-refractivity contribution in [1.29, 1.82) is 0 Å². The number of benzene rings is 2. The van der Waals surface area contributed by atoms with Crippen LogP contribution < -0.4 is 4.74 Å². The Morgan fingerprint density at radius 2 is 1.89 bits per heavy atom. The van der Waals surface area contributed by atoms with Crippen molar-refractivity contribution in [2.24, 2.45) is 0 Å². The number of unbranched alkanes of at least 4 members (excludes halogenated alkanes) is 1. The lowest BCUT2D eigenvalue weighted by atomic mass is 9.95. The zero-order chi connectivity index (χ0) is 20.3. The summed E-state index contributed by atoms with van der Waals surface area (Å²) >= 11 is 6.03. The number of halogens is 1. The Balaban J connectivity index is 2.15. The molecule has 1 heterocycles. The highest BCUT2D eigenvalue weighted by atomic mass is 35.5. The van der Waals surface area contributed by atoms with E-state index in [0.717, 1.165) is 18.4 Å². The minimum atomic E-state index is -0.686. The second-order valence-corrected chi connectivity index (χ2v) is 7.07. The fourth-order valence-electron chi connectivity index (χ4n) is 3.36. The van der Waals surface area contributed by atoms with Gasteiger partial charge in [0.1, 0.15) is 11.5 Å². The molecule has 146 valence electrons. The third-order valence-corrected chi connectivity index (χ3v) is 5.06. The lowest BCUT2D eigenvalue weighted by Gasteiger charge is -2.25. The van der Waals surface area contributed by atoms with Crippen molar-refractivity contribution in [2.75, 3.05) is 13.7 Å². The van der Waals surface area contributed by atoms with Crippen LogP contribution in [0.2, 0.25) is 5.02 Å². The summed E-state index contributed by atoms with van der Waals surface area (Å²) in [5.74, 6) is -0.836. The summed E-state index contributed by atoms with van der Waals surface area (Å²) in [6.45, 7) is 2.45. The Morgan fingerprint density at radius 1 is 1.18 bits per heavy atom. The number of amides is 1. The number of aliphatic hydroxyl groups is 1. The maximum Gasteiger partial charge on any atom is 0.295 e. The summed E-state index contributed by atoms with van der Waals surface area (Å²) in [6, 6.07) is 13.1. The Hall–Kier alpha value is -2.79. The highest BCUT2D eigenvalue weighted by molar-refractivity contribution is 6.46. The summed E-state index contributed by atoms with van der Waals surface area (Å²) < 4.78 is 5.20. The molecule has 1 saturated heterocycles. The second-order valence-electron chi connectivity index (χ2n) is 6.63. The monoisotopic (exact) mass is 399 g/mol.